The Morgan fingerprint density at radius 2 is 1.77 bits per heavy atom. The summed E-state index contributed by atoms with van der Waals surface area (Å²) in [5.41, 5.74) is 1.30. The molecule has 3 rings (SSSR count). The summed E-state index contributed by atoms with van der Waals surface area (Å²) < 4.78 is 42.3. The van der Waals surface area contributed by atoms with Crippen LogP contribution in [0.3, 0.4) is 0 Å². The number of phenolic OH excluding ortho intramolecular Hbond substituents is 1. The molecule has 1 aromatic heterocycles. The van der Waals surface area contributed by atoms with Crippen molar-refractivity contribution in [1.29, 1.82) is 0 Å². The monoisotopic (exact) mass is 435 g/mol. The number of aromatic nitrogens is 1. The van der Waals surface area contributed by atoms with E-state index in [0.29, 0.717) is 35.0 Å². The zero-order chi connectivity index (χ0) is 22.9. The molecule has 31 heavy (non-hydrogen) atoms. The van der Waals surface area contributed by atoms with Gasteiger partial charge in [0.15, 0.2) is 0 Å². The molecule has 1 atom stereocenters. The maximum Gasteiger partial charge on any atom is 0.573 e. The Balaban J connectivity index is 2.13. The molecule has 0 radical (unpaired) electrons. The predicted molar refractivity (Wildman–Crippen MR) is 106 cm³/mol. The minimum absolute atomic E-state index is 0.0763. The molecular weight excluding hydrogens is 415 g/mol. The molecule has 2 aromatic carbocycles. The third-order valence-electron chi connectivity index (χ3n) is 5.00. The standard InChI is InChI=1S/C22H20F3NO5/c1-3-4-16(21(29)30)19-12(2)26(18-10-7-14(27)11-17(18)19)20(28)13-5-8-15(9-6-13)31-22(23,24)25/h5-11,16,27H,3-4H2,1-2H3,(H,29,30). The Bertz CT molecular complexity index is 1130. The second kappa shape index (κ2) is 8.33. The maximum absolute atomic E-state index is 13.2. The largest absolute Gasteiger partial charge is 0.573 e. The lowest BCUT2D eigenvalue weighted by molar-refractivity contribution is -0.274. The summed E-state index contributed by atoms with van der Waals surface area (Å²) in [4.78, 5) is 25.1. The van der Waals surface area contributed by atoms with Crippen molar-refractivity contribution in [2.24, 2.45) is 0 Å². The van der Waals surface area contributed by atoms with E-state index in [1.807, 2.05) is 6.92 Å². The van der Waals surface area contributed by atoms with Crippen molar-refractivity contribution in [3.05, 3.63) is 59.3 Å². The molecule has 0 saturated carbocycles. The number of carbonyl (C=O) groups excluding carboxylic acids is 1. The molecule has 164 valence electrons. The van der Waals surface area contributed by atoms with Gasteiger partial charge in [-0.05, 0) is 61.4 Å². The van der Waals surface area contributed by atoms with E-state index < -0.39 is 29.9 Å². The normalized spacial score (nSPS) is 12.7. The van der Waals surface area contributed by atoms with Crippen molar-refractivity contribution in [3.8, 4) is 11.5 Å². The van der Waals surface area contributed by atoms with E-state index in [1.165, 1.54) is 34.9 Å². The molecule has 2 N–H and O–H groups in total. The smallest absolute Gasteiger partial charge is 0.508 e. The van der Waals surface area contributed by atoms with Gasteiger partial charge in [-0.3, -0.25) is 14.2 Å². The fraction of sp³-hybridized carbons (Fsp3) is 0.273. The molecule has 0 aliphatic rings. The van der Waals surface area contributed by atoms with Gasteiger partial charge in [-0.1, -0.05) is 13.3 Å². The van der Waals surface area contributed by atoms with Crippen molar-refractivity contribution in [1.82, 2.24) is 4.57 Å². The molecule has 1 heterocycles. The van der Waals surface area contributed by atoms with Gasteiger partial charge >= 0.3 is 12.3 Å². The first-order valence-corrected chi connectivity index (χ1v) is 9.50. The van der Waals surface area contributed by atoms with Crippen LogP contribution in [0.5, 0.6) is 11.5 Å². The molecule has 0 bridgehead atoms. The maximum atomic E-state index is 13.2. The lowest BCUT2D eigenvalue weighted by Gasteiger charge is -2.13. The number of aliphatic carboxylic acids is 1. The lowest BCUT2D eigenvalue weighted by Crippen LogP contribution is -2.18. The van der Waals surface area contributed by atoms with E-state index >= 15 is 0 Å². The Kier molecular flexibility index (Phi) is 5.97. The Morgan fingerprint density at radius 1 is 1.13 bits per heavy atom. The van der Waals surface area contributed by atoms with Gasteiger partial charge in [0, 0.05) is 16.6 Å². The molecule has 3 aromatic rings. The number of rotatable bonds is 6. The van der Waals surface area contributed by atoms with Crippen molar-refractivity contribution >= 4 is 22.8 Å². The van der Waals surface area contributed by atoms with Gasteiger partial charge in [-0.15, -0.1) is 13.2 Å². The van der Waals surface area contributed by atoms with E-state index in [4.69, 9.17) is 0 Å². The second-order valence-corrected chi connectivity index (χ2v) is 7.09. The summed E-state index contributed by atoms with van der Waals surface area (Å²) in [6, 6.07) is 8.77. The van der Waals surface area contributed by atoms with Gasteiger partial charge in [-0.2, -0.15) is 0 Å². The van der Waals surface area contributed by atoms with Crippen LogP contribution in [-0.4, -0.2) is 33.0 Å². The number of carbonyl (C=O) groups is 2. The Labute approximate surface area is 175 Å². The average Bonchev–Trinajstić information content (AvgIpc) is 2.95. The number of hydrogen-bond donors (Lipinski definition) is 2. The first-order valence-electron chi connectivity index (χ1n) is 9.50. The topological polar surface area (TPSA) is 88.8 Å². The zero-order valence-corrected chi connectivity index (χ0v) is 16.7. The third kappa shape index (κ3) is 4.50. The molecule has 0 fully saturated rings. The van der Waals surface area contributed by atoms with Crippen LogP contribution in [0.15, 0.2) is 42.5 Å². The summed E-state index contributed by atoms with van der Waals surface area (Å²) in [6.07, 6.45) is -3.92. The molecule has 6 nitrogen and oxygen atoms in total. The van der Waals surface area contributed by atoms with E-state index in [0.717, 1.165) is 12.1 Å². The number of halogens is 3. The lowest BCUT2D eigenvalue weighted by atomic mass is 9.92. The van der Waals surface area contributed by atoms with E-state index in [-0.39, 0.29) is 11.3 Å². The van der Waals surface area contributed by atoms with Crippen LogP contribution in [0, 0.1) is 6.92 Å². The van der Waals surface area contributed by atoms with Crippen LogP contribution >= 0.6 is 0 Å². The number of carboxylic acids is 1. The molecule has 9 heteroatoms. The van der Waals surface area contributed by atoms with Crippen molar-refractivity contribution < 1.29 is 37.7 Å². The molecule has 0 amide bonds. The van der Waals surface area contributed by atoms with Crippen molar-refractivity contribution in [3.63, 3.8) is 0 Å². The molecule has 0 saturated heterocycles. The average molecular weight is 435 g/mol. The number of phenols is 1. The number of carboxylic acid groups (broad SMARTS) is 1. The highest BCUT2D eigenvalue weighted by atomic mass is 19.4. The van der Waals surface area contributed by atoms with Gasteiger partial charge in [0.2, 0.25) is 0 Å². The highest BCUT2D eigenvalue weighted by Gasteiger charge is 2.31. The Morgan fingerprint density at radius 3 is 2.32 bits per heavy atom. The summed E-state index contributed by atoms with van der Waals surface area (Å²) in [7, 11) is 0. The second-order valence-electron chi connectivity index (χ2n) is 7.09. The van der Waals surface area contributed by atoms with Crippen LogP contribution in [0.2, 0.25) is 0 Å². The summed E-state index contributed by atoms with van der Waals surface area (Å²) in [5.74, 6) is -3.01. The molecule has 0 aliphatic carbocycles. The quantitative estimate of drug-likeness (QED) is 0.555. The van der Waals surface area contributed by atoms with Crippen LogP contribution in [0.1, 0.15) is 47.3 Å². The van der Waals surface area contributed by atoms with Gasteiger partial charge in [0.05, 0.1) is 11.4 Å². The number of aromatic hydroxyl groups is 1. The summed E-state index contributed by atoms with van der Waals surface area (Å²) >= 11 is 0. The number of hydrogen-bond acceptors (Lipinski definition) is 4. The van der Waals surface area contributed by atoms with Gasteiger partial charge in [0.25, 0.3) is 5.91 Å². The molecule has 0 aliphatic heterocycles. The van der Waals surface area contributed by atoms with E-state index in [1.54, 1.807) is 6.92 Å². The highest BCUT2D eigenvalue weighted by Crippen LogP contribution is 2.37. The molecule has 1 unspecified atom stereocenters. The number of nitrogens with zero attached hydrogens (tertiary/aromatic N) is 1. The fourth-order valence-electron chi connectivity index (χ4n) is 3.74. The number of alkyl halides is 3. The summed E-state index contributed by atoms with van der Waals surface area (Å²) in [5, 5.41) is 20.1. The van der Waals surface area contributed by atoms with Crippen LogP contribution < -0.4 is 4.74 Å². The van der Waals surface area contributed by atoms with E-state index in [2.05, 4.69) is 4.74 Å². The predicted octanol–water partition coefficient (Wildman–Crippen LogP) is 5.21. The van der Waals surface area contributed by atoms with Crippen LogP contribution in [-0.2, 0) is 4.79 Å². The number of ether oxygens (including phenoxy) is 1. The van der Waals surface area contributed by atoms with Crippen LogP contribution in [0.4, 0.5) is 13.2 Å². The first-order chi connectivity index (χ1) is 14.5. The van der Waals surface area contributed by atoms with Gasteiger partial charge in [0.1, 0.15) is 11.5 Å². The van der Waals surface area contributed by atoms with E-state index in [9.17, 15) is 33.0 Å². The van der Waals surface area contributed by atoms with Gasteiger partial charge in [-0.25, -0.2) is 0 Å². The first kappa shape index (κ1) is 22.2. The molecule has 0 spiro atoms. The number of benzene rings is 2. The van der Waals surface area contributed by atoms with Crippen molar-refractivity contribution in [2.75, 3.05) is 0 Å². The minimum atomic E-state index is -4.85. The third-order valence-corrected chi connectivity index (χ3v) is 5.00. The Hall–Kier alpha value is -3.49. The highest BCUT2D eigenvalue weighted by molar-refractivity contribution is 6.05. The number of fused-ring (bicyclic) bond motifs is 1. The molecular formula is C22H20F3NO5. The van der Waals surface area contributed by atoms with Crippen molar-refractivity contribution in [2.45, 2.75) is 39.0 Å². The summed E-state index contributed by atoms with van der Waals surface area (Å²) in [6.45, 7) is 3.45. The zero-order valence-electron chi connectivity index (χ0n) is 16.7. The SMILES string of the molecule is CCCC(C(=O)O)c1c(C)n(C(=O)c2ccc(OC(F)(F)F)cc2)c2ccc(O)cc12. The minimum Gasteiger partial charge on any atom is -0.508 e. The van der Waals surface area contributed by atoms with Gasteiger partial charge < -0.3 is 14.9 Å². The fourth-order valence-corrected chi connectivity index (χ4v) is 3.74. The van der Waals surface area contributed by atoms with Crippen LogP contribution in [0.25, 0.3) is 10.9 Å².